The van der Waals surface area contributed by atoms with Crippen LogP contribution in [-0.4, -0.2) is 35.6 Å². The second-order valence-corrected chi connectivity index (χ2v) is 3.44. The normalized spacial score (nSPS) is 17.9. The molecule has 1 saturated heterocycles. The molecular formula is C11H23FNO2P. The Morgan fingerprint density at radius 3 is 2.06 bits per heavy atom. The summed E-state index contributed by atoms with van der Waals surface area (Å²) in [6.07, 6.45) is 1.47. The fraction of sp³-hybridized carbons (Fsp3) is 0.818. The lowest BCUT2D eigenvalue weighted by Gasteiger charge is -2.20. The SMILES string of the molecule is CC.CC(=O)C1CCCN1C(C)=O.FCP. The van der Waals surface area contributed by atoms with Crippen molar-refractivity contribution in [3.05, 3.63) is 0 Å². The molecule has 5 heteroatoms. The predicted octanol–water partition coefficient (Wildman–Crippen LogP) is 2.40. The van der Waals surface area contributed by atoms with Gasteiger partial charge in [0, 0.05) is 13.5 Å². The summed E-state index contributed by atoms with van der Waals surface area (Å²) >= 11 is 0. The van der Waals surface area contributed by atoms with E-state index >= 15 is 0 Å². The van der Waals surface area contributed by atoms with Gasteiger partial charge in [0.1, 0.15) is 6.42 Å². The molecule has 2 atom stereocenters. The number of amides is 1. The van der Waals surface area contributed by atoms with Crippen molar-refractivity contribution in [3.63, 3.8) is 0 Å². The zero-order valence-corrected chi connectivity index (χ0v) is 11.8. The van der Waals surface area contributed by atoms with Crippen LogP contribution < -0.4 is 0 Å². The lowest BCUT2D eigenvalue weighted by molar-refractivity contribution is -0.135. The molecule has 0 aromatic rings. The van der Waals surface area contributed by atoms with E-state index in [1.807, 2.05) is 23.1 Å². The van der Waals surface area contributed by atoms with Gasteiger partial charge in [-0.3, -0.25) is 9.59 Å². The molecule has 0 bridgehead atoms. The molecule has 1 aliphatic heterocycles. The number of carbonyl (C=O) groups excluding carboxylic acids is 2. The summed E-state index contributed by atoms with van der Waals surface area (Å²) in [4.78, 5) is 23.6. The minimum absolute atomic E-state index is 0.0164. The molecule has 0 aromatic heterocycles. The van der Waals surface area contributed by atoms with Crippen LogP contribution in [0.15, 0.2) is 0 Å². The minimum Gasteiger partial charge on any atom is -0.333 e. The van der Waals surface area contributed by atoms with Gasteiger partial charge in [0.2, 0.25) is 5.91 Å². The molecule has 3 nitrogen and oxygen atoms in total. The monoisotopic (exact) mass is 251 g/mol. The topological polar surface area (TPSA) is 37.4 Å². The third-order valence-electron chi connectivity index (χ3n) is 2.13. The third-order valence-corrected chi connectivity index (χ3v) is 2.13. The van der Waals surface area contributed by atoms with Crippen LogP contribution in [0.1, 0.15) is 40.5 Å². The number of carbonyl (C=O) groups is 2. The second-order valence-electron chi connectivity index (χ2n) is 3.14. The van der Waals surface area contributed by atoms with Gasteiger partial charge in [-0.05, 0) is 19.8 Å². The minimum atomic E-state index is -0.333. The standard InChI is InChI=1S/C8H13NO2.C2H6.CH4FP/c1-6(10)8-4-3-5-9(8)7(2)11;1-2;2-1-3/h8H,3-5H2,1-2H3;1-2H3;1,3H2. The Bertz CT molecular complexity index is 192. The van der Waals surface area contributed by atoms with Crippen LogP contribution in [0.4, 0.5) is 4.39 Å². The van der Waals surface area contributed by atoms with Gasteiger partial charge in [-0.1, -0.05) is 13.8 Å². The van der Waals surface area contributed by atoms with Crippen LogP contribution in [0.2, 0.25) is 0 Å². The lowest BCUT2D eigenvalue weighted by Crippen LogP contribution is -2.37. The van der Waals surface area contributed by atoms with Crippen LogP contribution in [0.5, 0.6) is 0 Å². The average Bonchev–Trinajstić information content (AvgIpc) is 2.70. The number of likely N-dealkylation sites (tertiary alicyclic amines) is 1. The molecule has 0 saturated carbocycles. The average molecular weight is 251 g/mol. The highest BCUT2D eigenvalue weighted by atomic mass is 31.0. The number of rotatable bonds is 1. The second kappa shape index (κ2) is 11.0. The van der Waals surface area contributed by atoms with Crippen LogP contribution in [0, 0.1) is 0 Å². The van der Waals surface area contributed by atoms with Crippen LogP contribution in [0.25, 0.3) is 0 Å². The number of hydrogen-bond acceptors (Lipinski definition) is 2. The first kappa shape index (κ1) is 17.9. The largest absolute Gasteiger partial charge is 0.333 e. The molecule has 0 spiro atoms. The number of halogens is 1. The van der Waals surface area contributed by atoms with E-state index in [9.17, 15) is 14.0 Å². The summed E-state index contributed by atoms with van der Waals surface area (Å²) in [5.41, 5.74) is 0. The van der Waals surface area contributed by atoms with Crippen molar-refractivity contribution in [2.75, 3.05) is 13.0 Å². The molecule has 16 heavy (non-hydrogen) atoms. The summed E-state index contributed by atoms with van der Waals surface area (Å²) in [6.45, 7) is 7.81. The van der Waals surface area contributed by atoms with E-state index < -0.39 is 0 Å². The maximum Gasteiger partial charge on any atom is 0.220 e. The molecule has 0 aliphatic carbocycles. The Hall–Kier alpha value is -0.500. The zero-order chi connectivity index (χ0) is 13.1. The maximum absolute atomic E-state index is 11.0. The van der Waals surface area contributed by atoms with Crippen LogP contribution in [-0.2, 0) is 9.59 Å². The Balaban J connectivity index is 0. The molecule has 0 radical (unpaired) electrons. The smallest absolute Gasteiger partial charge is 0.220 e. The van der Waals surface area contributed by atoms with Crippen molar-refractivity contribution in [3.8, 4) is 0 Å². The zero-order valence-electron chi connectivity index (χ0n) is 10.6. The number of Topliss-reactive ketones (excluding diaryl/α,β-unsaturated/α-hetero) is 1. The van der Waals surface area contributed by atoms with Crippen molar-refractivity contribution in [1.82, 2.24) is 4.90 Å². The Morgan fingerprint density at radius 2 is 1.81 bits per heavy atom. The molecule has 2 unspecified atom stereocenters. The third kappa shape index (κ3) is 6.89. The number of alkyl halides is 1. The van der Waals surface area contributed by atoms with E-state index in [4.69, 9.17) is 0 Å². The molecule has 96 valence electrons. The van der Waals surface area contributed by atoms with Crippen molar-refractivity contribution in [1.29, 1.82) is 0 Å². The molecule has 1 amide bonds. The molecule has 1 fully saturated rings. The van der Waals surface area contributed by atoms with Gasteiger partial charge >= 0.3 is 0 Å². The maximum atomic E-state index is 11.0. The van der Waals surface area contributed by atoms with Crippen molar-refractivity contribution < 1.29 is 14.0 Å². The first-order valence-electron chi connectivity index (χ1n) is 5.58. The van der Waals surface area contributed by atoms with Crippen LogP contribution >= 0.6 is 9.24 Å². The highest BCUT2D eigenvalue weighted by molar-refractivity contribution is 7.16. The molecule has 1 heterocycles. The van der Waals surface area contributed by atoms with Crippen LogP contribution in [0.3, 0.4) is 0 Å². The van der Waals surface area contributed by atoms with E-state index in [-0.39, 0.29) is 24.1 Å². The fourth-order valence-corrected chi connectivity index (χ4v) is 1.57. The highest BCUT2D eigenvalue weighted by Crippen LogP contribution is 2.17. The summed E-state index contributed by atoms with van der Waals surface area (Å²) in [5.74, 6) is 0.125. The Labute approximate surface area is 100.0 Å². The predicted molar refractivity (Wildman–Crippen MR) is 68.1 cm³/mol. The van der Waals surface area contributed by atoms with E-state index in [1.54, 1.807) is 11.8 Å². The summed E-state index contributed by atoms with van der Waals surface area (Å²) in [7, 11) is 1.91. The van der Waals surface area contributed by atoms with E-state index in [0.717, 1.165) is 19.4 Å². The highest BCUT2D eigenvalue weighted by Gasteiger charge is 2.29. The van der Waals surface area contributed by atoms with Gasteiger partial charge in [-0.15, -0.1) is 9.24 Å². The molecule has 1 rings (SSSR count). The summed E-state index contributed by atoms with van der Waals surface area (Å²) in [5, 5.41) is 0. The van der Waals surface area contributed by atoms with Crippen molar-refractivity contribution in [2.24, 2.45) is 0 Å². The van der Waals surface area contributed by atoms with Gasteiger partial charge < -0.3 is 4.90 Å². The van der Waals surface area contributed by atoms with E-state index in [2.05, 4.69) is 0 Å². The van der Waals surface area contributed by atoms with Gasteiger partial charge in [0.05, 0.1) is 6.04 Å². The summed E-state index contributed by atoms with van der Waals surface area (Å²) in [6, 6.07) is -0.132. The fourth-order valence-electron chi connectivity index (χ4n) is 1.57. The first-order chi connectivity index (χ1) is 7.54. The quantitative estimate of drug-likeness (QED) is 0.671. The molecule has 0 N–H and O–H groups in total. The van der Waals surface area contributed by atoms with Gasteiger partial charge in [0.25, 0.3) is 0 Å². The molecular weight excluding hydrogens is 228 g/mol. The lowest BCUT2D eigenvalue weighted by atomic mass is 10.1. The van der Waals surface area contributed by atoms with Gasteiger partial charge in [-0.2, -0.15) is 0 Å². The first-order valence-corrected chi connectivity index (χ1v) is 6.40. The van der Waals surface area contributed by atoms with E-state index in [1.165, 1.54) is 6.92 Å². The van der Waals surface area contributed by atoms with Crippen molar-refractivity contribution in [2.45, 2.75) is 46.6 Å². The van der Waals surface area contributed by atoms with Crippen molar-refractivity contribution >= 4 is 20.9 Å². The van der Waals surface area contributed by atoms with E-state index in [0.29, 0.717) is 0 Å². The Morgan fingerprint density at radius 1 is 1.38 bits per heavy atom. The van der Waals surface area contributed by atoms with Gasteiger partial charge in [0.15, 0.2) is 5.78 Å². The molecule has 0 aromatic carbocycles. The number of ketones is 1. The molecule has 1 aliphatic rings. The summed E-state index contributed by atoms with van der Waals surface area (Å²) < 4.78 is 10.3. The van der Waals surface area contributed by atoms with Gasteiger partial charge in [-0.25, -0.2) is 4.39 Å². The number of nitrogens with zero attached hydrogens (tertiary/aromatic N) is 1. The number of hydrogen-bond donors (Lipinski definition) is 0. The Kier molecular flexibility index (Phi) is 12.3.